The highest BCUT2D eigenvalue weighted by Crippen LogP contribution is 2.22. The molecule has 3 N–H and O–H groups in total. The molecule has 1 aromatic carbocycles. The lowest BCUT2D eigenvalue weighted by atomic mass is 10.1. The number of benzene rings is 1. The molecule has 1 heterocycles. The molecule has 2 rings (SSSR count). The molecule has 2 aromatic rings. The molecule has 7 nitrogen and oxygen atoms in total. The van der Waals surface area contributed by atoms with Gasteiger partial charge >= 0.3 is 0 Å². The van der Waals surface area contributed by atoms with Crippen LogP contribution in [0.1, 0.15) is 23.9 Å². The lowest BCUT2D eigenvalue weighted by molar-refractivity contribution is 0.575. The Bertz CT molecular complexity index is 752. The van der Waals surface area contributed by atoms with Crippen LogP contribution in [0.2, 0.25) is 0 Å². The van der Waals surface area contributed by atoms with Crippen molar-refractivity contribution in [3.63, 3.8) is 0 Å². The Morgan fingerprint density at radius 1 is 1.29 bits per heavy atom. The van der Waals surface area contributed by atoms with Crippen LogP contribution in [0, 0.1) is 13.8 Å². The molecule has 0 atom stereocenters. The Kier molecular flexibility index (Phi) is 4.29. The maximum atomic E-state index is 12.4. The van der Waals surface area contributed by atoms with E-state index in [2.05, 4.69) is 14.9 Å². The molecule has 0 bridgehead atoms. The number of nitrogens with two attached hydrogens (primary N) is 1. The number of aryl methyl sites for hydroxylation is 3. The van der Waals surface area contributed by atoms with Crippen LogP contribution >= 0.6 is 0 Å². The molecule has 21 heavy (non-hydrogen) atoms. The predicted octanol–water partition coefficient (Wildman–Crippen LogP) is 0.976. The smallest absolute Gasteiger partial charge is 0.243 e. The van der Waals surface area contributed by atoms with Gasteiger partial charge in [0, 0.05) is 6.54 Å². The fourth-order valence-corrected chi connectivity index (χ4v) is 3.14. The van der Waals surface area contributed by atoms with E-state index in [-0.39, 0.29) is 17.1 Å². The molecule has 0 amide bonds. The summed E-state index contributed by atoms with van der Waals surface area (Å²) >= 11 is 0. The number of anilines is 1. The van der Waals surface area contributed by atoms with Crippen molar-refractivity contribution in [2.45, 2.75) is 38.8 Å². The van der Waals surface area contributed by atoms with Gasteiger partial charge in [0.2, 0.25) is 10.0 Å². The molecular weight excluding hydrogens is 290 g/mol. The number of hydrogen-bond donors (Lipinski definition) is 2. The van der Waals surface area contributed by atoms with Gasteiger partial charge in [-0.15, -0.1) is 10.2 Å². The molecule has 0 spiro atoms. The average molecular weight is 309 g/mol. The monoisotopic (exact) mass is 309 g/mol. The van der Waals surface area contributed by atoms with E-state index in [0.29, 0.717) is 12.4 Å². The van der Waals surface area contributed by atoms with E-state index in [1.807, 2.05) is 20.8 Å². The van der Waals surface area contributed by atoms with Crippen molar-refractivity contribution in [2.24, 2.45) is 0 Å². The number of hydrogen-bond acceptors (Lipinski definition) is 5. The largest absolute Gasteiger partial charge is 0.398 e. The minimum atomic E-state index is -3.69. The number of nitrogen functional groups attached to an aromatic ring is 1. The maximum absolute atomic E-state index is 12.4. The van der Waals surface area contributed by atoms with Gasteiger partial charge in [-0.1, -0.05) is 0 Å². The van der Waals surface area contributed by atoms with E-state index in [1.165, 1.54) is 0 Å². The van der Waals surface area contributed by atoms with Gasteiger partial charge in [0.25, 0.3) is 0 Å². The third-order valence-electron chi connectivity index (χ3n) is 3.37. The van der Waals surface area contributed by atoms with Crippen LogP contribution in [0.4, 0.5) is 5.69 Å². The lowest BCUT2D eigenvalue weighted by Crippen LogP contribution is -2.26. The highest BCUT2D eigenvalue weighted by molar-refractivity contribution is 7.89. The van der Waals surface area contributed by atoms with Crippen LogP contribution in [0.3, 0.4) is 0 Å². The number of nitrogens with zero attached hydrogens (tertiary/aromatic N) is 3. The Hall–Kier alpha value is -1.93. The van der Waals surface area contributed by atoms with Crippen LogP contribution in [-0.4, -0.2) is 23.2 Å². The summed E-state index contributed by atoms with van der Waals surface area (Å²) in [5.41, 5.74) is 7.90. The summed E-state index contributed by atoms with van der Waals surface area (Å²) in [6.45, 7) is 6.42. The van der Waals surface area contributed by atoms with Crippen molar-refractivity contribution in [1.82, 2.24) is 19.5 Å². The third kappa shape index (κ3) is 3.22. The van der Waals surface area contributed by atoms with Crippen LogP contribution in [0.15, 0.2) is 23.4 Å². The standard InChI is InChI=1S/C13H19N5O2S/c1-4-18-8-15-17-13(18)7-16-21(19,20)12-6-10(3)9(2)5-11(12)14/h5-6,8,16H,4,7,14H2,1-3H3. The minimum Gasteiger partial charge on any atom is -0.398 e. The van der Waals surface area contributed by atoms with Crippen LogP contribution < -0.4 is 10.5 Å². The Balaban J connectivity index is 2.25. The third-order valence-corrected chi connectivity index (χ3v) is 4.83. The molecule has 0 saturated heterocycles. The lowest BCUT2D eigenvalue weighted by Gasteiger charge is -2.11. The Morgan fingerprint density at radius 3 is 2.62 bits per heavy atom. The first kappa shape index (κ1) is 15.5. The summed E-state index contributed by atoms with van der Waals surface area (Å²) in [5, 5.41) is 7.66. The Labute approximate surface area is 124 Å². The van der Waals surface area contributed by atoms with Crippen molar-refractivity contribution in [1.29, 1.82) is 0 Å². The first-order valence-corrected chi connectivity index (χ1v) is 8.06. The normalized spacial score (nSPS) is 11.8. The Morgan fingerprint density at radius 2 is 1.95 bits per heavy atom. The first-order valence-electron chi connectivity index (χ1n) is 6.58. The highest BCUT2D eigenvalue weighted by atomic mass is 32.2. The molecule has 8 heteroatoms. The molecule has 0 aliphatic heterocycles. The zero-order chi connectivity index (χ0) is 15.6. The minimum absolute atomic E-state index is 0.0720. The average Bonchev–Trinajstić information content (AvgIpc) is 2.88. The van der Waals surface area contributed by atoms with Gasteiger partial charge in [0.05, 0.1) is 12.2 Å². The first-order chi connectivity index (χ1) is 9.85. The zero-order valence-electron chi connectivity index (χ0n) is 12.3. The van der Waals surface area contributed by atoms with Gasteiger partial charge in [-0.3, -0.25) is 0 Å². The second kappa shape index (κ2) is 5.82. The van der Waals surface area contributed by atoms with E-state index in [1.54, 1.807) is 23.0 Å². The van der Waals surface area contributed by atoms with E-state index in [4.69, 9.17) is 5.73 Å². The molecule has 0 aliphatic carbocycles. The van der Waals surface area contributed by atoms with Crippen molar-refractivity contribution < 1.29 is 8.42 Å². The number of sulfonamides is 1. The number of aromatic nitrogens is 3. The molecule has 0 aliphatic rings. The second-order valence-corrected chi connectivity index (χ2v) is 6.57. The van der Waals surface area contributed by atoms with Crippen LogP contribution in [0.25, 0.3) is 0 Å². The van der Waals surface area contributed by atoms with Gasteiger partial charge in [-0.25, -0.2) is 13.1 Å². The molecule has 114 valence electrons. The summed E-state index contributed by atoms with van der Waals surface area (Å²) in [5.74, 6) is 0.559. The number of nitrogens with one attached hydrogen (secondary N) is 1. The second-order valence-electron chi connectivity index (χ2n) is 4.83. The molecular formula is C13H19N5O2S. The van der Waals surface area contributed by atoms with Crippen molar-refractivity contribution >= 4 is 15.7 Å². The van der Waals surface area contributed by atoms with E-state index in [9.17, 15) is 8.42 Å². The summed E-state index contributed by atoms with van der Waals surface area (Å²) < 4.78 is 29.0. The van der Waals surface area contributed by atoms with E-state index in [0.717, 1.165) is 11.1 Å². The molecule has 0 fully saturated rings. The summed E-state index contributed by atoms with van der Waals surface area (Å²) in [7, 11) is -3.69. The fraction of sp³-hybridized carbons (Fsp3) is 0.385. The molecule has 0 saturated carbocycles. The molecule has 1 aromatic heterocycles. The van der Waals surface area contributed by atoms with Crippen molar-refractivity contribution in [3.05, 3.63) is 35.4 Å². The van der Waals surface area contributed by atoms with Crippen molar-refractivity contribution in [2.75, 3.05) is 5.73 Å². The number of rotatable bonds is 5. The van der Waals surface area contributed by atoms with Crippen LogP contribution in [-0.2, 0) is 23.1 Å². The van der Waals surface area contributed by atoms with E-state index >= 15 is 0 Å². The van der Waals surface area contributed by atoms with Gasteiger partial charge in [0.15, 0.2) is 0 Å². The van der Waals surface area contributed by atoms with Gasteiger partial charge in [-0.2, -0.15) is 0 Å². The van der Waals surface area contributed by atoms with Gasteiger partial charge in [-0.05, 0) is 44.0 Å². The molecule has 0 radical (unpaired) electrons. The molecule has 0 unspecified atom stereocenters. The van der Waals surface area contributed by atoms with Gasteiger partial charge in [0.1, 0.15) is 17.0 Å². The SMILES string of the molecule is CCn1cnnc1CNS(=O)(=O)c1cc(C)c(C)cc1N. The van der Waals surface area contributed by atoms with Crippen LogP contribution in [0.5, 0.6) is 0 Å². The zero-order valence-corrected chi connectivity index (χ0v) is 13.1. The van der Waals surface area contributed by atoms with Crippen molar-refractivity contribution in [3.8, 4) is 0 Å². The summed E-state index contributed by atoms with van der Waals surface area (Å²) in [6.07, 6.45) is 1.56. The maximum Gasteiger partial charge on any atom is 0.243 e. The highest BCUT2D eigenvalue weighted by Gasteiger charge is 2.19. The van der Waals surface area contributed by atoms with Gasteiger partial charge < -0.3 is 10.3 Å². The topological polar surface area (TPSA) is 103 Å². The summed E-state index contributed by atoms with van der Waals surface area (Å²) in [6, 6.07) is 3.25. The van der Waals surface area contributed by atoms with E-state index < -0.39 is 10.0 Å². The quantitative estimate of drug-likeness (QED) is 0.801. The predicted molar refractivity (Wildman–Crippen MR) is 80.0 cm³/mol. The fourth-order valence-electron chi connectivity index (χ4n) is 1.96. The summed E-state index contributed by atoms with van der Waals surface area (Å²) in [4.78, 5) is 0.0909.